The molecular formula is C24H17N3O2. The van der Waals surface area contributed by atoms with Gasteiger partial charge < -0.3 is 10.1 Å². The molecule has 140 valence electrons. The van der Waals surface area contributed by atoms with E-state index >= 15 is 0 Å². The van der Waals surface area contributed by atoms with Crippen LogP contribution in [0.2, 0.25) is 0 Å². The molecule has 1 N–H and O–H groups in total. The highest BCUT2D eigenvalue weighted by Crippen LogP contribution is 2.19. The van der Waals surface area contributed by atoms with E-state index in [1.165, 1.54) is 6.08 Å². The Balaban J connectivity index is 1.62. The van der Waals surface area contributed by atoms with Gasteiger partial charge in [0.1, 0.15) is 12.4 Å². The van der Waals surface area contributed by atoms with Gasteiger partial charge in [-0.2, -0.15) is 10.5 Å². The van der Waals surface area contributed by atoms with Crippen LogP contribution in [0.15, 0.2) is 78.9 Å². The van der Waals surface area contributed by atoms with Crippen LogP contribution in [0, 0.1) is 22.7 Å². The maximum atomic E-state index is 12.2. The number of carbonyl (C=O) groups is 1. The van der Waals surface area contributed by atoms with Gasteiger partial charge in [-0.05, 0) is 47.5 Å². The maximum Gasteiger partial charge on any atom is 0.248 e. The van der Waals surface area contributed by atoms with Crippen LogP contribution in [-0.4, -0.2) is 5.91 Å². The highest BCUT2D eigenvalue weighted by Gasteiger charge is 2.03. The molecule has 5 nitrogen and oxygen atoms in total. The van der Waals surface area contributed by atoms with E-state index in [9.17, 15) is 4.79 Å². The number of nitrogens with zero attached hydrogens (tertiary/aromatic N) is 2. The molecule has 0 aromatic heterocycles. The molecule has 0 atom stereocenters. The van der Waals surface area contributed by atoms with Crippen molar-refractivity contribution in [1.29, 1.82) is 10.5 Å². The van der Waals surface area contributed by atoms with E-state index in [2.05, 4.69) is 17.5 Å². The van der Waals surface area contributed by atoms with Crippen LogP contribution in [0.5, 0.6) is 5.75 Å². The van der Waals surface area contributed by atoms with Crippen molar-refractivity contribution >= 4 is 17.7 Å². The number of amides is 1. The summed E-state index contributed by atoms with van der Waals surface area (Å²) < 4.78 is 5.76. The van der Waals surface area contributed by atoms with Gasteiger partial charge in [0, 0.05) is 17.8 Å². The number of hydrogen-bond acceptors (Lipinski definition) is 4. The van der Waals surface area contributed by atoms with Crippen LogP contribution in [0.3, 0.4) is 0 Å². The van der Waals surface area contributed by atoms with Crippen molar-refractivity contribution in [3.05, 3.63) is 101 Å². The van der Waals surface area contributed by atoms with Crippen LogP contribution >= 0.6 is 0 Å². The van der Waals surface area contributed by atoms with Crippen LogP contribution in [-0.2, 0) is 11.4 Å². The summed E-state index contributed by atoms with van der Waals surface area (Å²) in [5.74, 6) is 0.292. The van der Waals surface area contributed by atoms with Crippen LogP contribution in [0.4, 0.5) is 5.69 Å². The Bertz CT molecular complexity index is 1140. The molecule has 0 saturated heterocycles. The van der Waals surface area contributed by atoms with E-state index < -0.39 is 0 Å². The molecule has 0 aliphatic rings. The van der Waals surface area contributed by atoms with Crippen molar-refractivity contribution in [2.75, 3.05) is 5.32 Å². The molecule has 0 spiro atoms. The first-order chi connectivity index (χ1) is 14.2. The smallest absolute Gasteiger partial charge is 0.248 e. The fraction of sp³-hybridized carbons (Fsp3) is 0.0417. The first kappa shape index (κ1) is 19.4. The Kier molecular flexibility index (Phi) is 6.39. The first-order valence-electron chi connectivity index (χ1n) is 8.88. The fourth-order valence-corrected chi connectivity index (χ4v) is 2.65. The molecule has 0 aliphatic carbocycles. The molecule has 0 radical (unpaired) electrons. The number of benzene rings is 3. The summed E-state index contributed by atoms with van der Waals surface area (Å²) in [6.07, 6.45) is 2.99. The topological polar surface area (TPSA) is 85.9 Å². The summed E-state index contributed by atoms with van der Waals surface area (Å²) >= 11 is 0. The molecule has 29 heavy (non-hydrogen) atoms. The molecule has 3 aromatic carbocycles. The van der Waals surface area contributed by atoms with Crippen molar-refractivity contribution < 1.29 is 9.53 Å². The summed E-state index contributed by atoms with van der Waals surface area (Å²) in [5.41, 5.74) is 3.25. The Morgan fingerprint density at radius 2 is 1.79 bits per heavy atom. The molecular weight excluding hydrogens is 362 g/mol. The molecule has 0 fully saturated rings. The predicted octanol–water partition coefficient (Wildman–Crippen LogP) is 4.66. The quantitative estimate of drug-likeness (QED) is 0.631. The molecule has 3 rings (SSSR count). The molecule has 3 aromatic rings. The Labute approximate surface area is 169 Å². The molecule has 0 aliphatic heterocycles. The first-order valence-corrected chi connectivity index (χ1v) is 8.88. The number of nitrogens with one attached hydrogen (secondary N) is 1. The van der Waals surface area contributed by atoms with E-state index in [-0.39, 0.29) is 5.91 Å². The minimum absolute atomic E-state index is 0.309. The molecule has 0 saturated carbocycles. The van der Waals surface area contributed by atoms with Crippen LogP contribution in [0.25, 0.3) is 6.08 Å². The lowest BCUT2D eigenvalue weighted by Gasteiger charge is -2.09. The highest BCUT2D eigenvalue weighted by atomic mass is 16.5. The van der Waals surface area contributed by atoms with Gasteiger partial charge in [0.05, 0.1) is 23.3 Å². The normalized spacial score (nSPS) is 10.1. The van der Waals surface area contributed by atoms with Gasteiger partial charge in [0.25, 0.3) is 0 Å². The van der Waals surface area contributed by atoms with Gasteiger partial charge in [-0.15, -0.1) is 0 Å². The van der Waals surface area contributed by atoms with Crippen molar-refractivity contribution in [2.24, 2.45) is 0 Å². The second-order valence-electron chi connectivity index (χ2n) is 6.15. The second-order valence-corrected chi connectivity index (χ2v) is 6.15. The standard InChI is InChI=1S/C24H17N3O2/c25-15-18-5-3-6-19(13-18)17-29-23-10-4-9-22(14-23)27-24(28)12-11-20-7-1-2-8-21(20)16-26/h1-14H,17H2,(H,27,28)/b12-11+. The van der Waals surface area contributed by atoms with E-state index in [1.54, 1.807) is 60.7 Å². The lowest BCUT2D eigenvalue weighted by atomic mass is 10.1. The number of ether oxygens (including phenoxy) is 1. The third-order valence-electron chi connectivity index (χ3n) is 4.06. The van der Waals surface area contributed by atoms with E-state index in [0.29, 0.717) is 34.7 Å². The Morgan fingerprint density at radius 1 is 0.966 bits per heavy atom. The number of nitriles is 2. The third-order valence-corrected chi connectivity index (χ3v) is 4.06. The van der Waals surface area contributed by atoms with Gasteiger partial charge in [-0.3, -0.25) is 4.79 Å². The van der Waals surface area contributed by atoms with Crippen molar-refractivity contribution in [3.8, 4) is 17.9 Å². The van der Waals surface area contributed by atoms with E-state index in [0.717, 1.165) is 5.56 Å². The highest BCUT2D eigenvalue weighted by molar-refractivity contribution is 6.02. The van der Waals surface area contributed by atoms with Gasteiger partial charge in [0.2, 0.25) is 5.91 Å². The maximum absolute atomic E-state index is 12.2. The van der Waals surface area contributed by atoms with Crippen LogP contribution in [0.1, 0.15) is 22.3 Å². The zero-order valence-corrected chi connectivity index (χ0v) is 15.5. The summed E-state index contributed by atoms with van der Waals surface area (Å²) in [6, 6.07) is 25.5. The average Bonchev–Trinajstić information content (AvgIpc) is 2.77. The van der Waals surface area contributed by atoms with Gasteiger partial charge >= 0.3 is 0 Å². The lowest BCUT2D eigenvalue weighted by molar-refractivity contribution is -0.111. The molecule has 1 amide bonds. The van der Waals surface area contributed by atoms with E-state index in [1.807, 2.05) is 18.2 Å². The number of carbonyl (C=O) groups excluding carboxylic acids is 1. The number of hydrogen-bond donors (Lipinski definition) is 1. The summed E-state index contributed by atoms with van der Waals surface area (Å²) in [4.78, 5) is 12.2. The number of rotatable bonds is 6. The minimum atomic E-state index is -0.309. The molecule has 0 heterocycles. The summed E-state index contributed by atoms with van der Waals surface area (Å²) in [6.45, 7) is 0.317. The molecule has 5 heteroatoms. The van der Waals surface area contributed by atoms with Crippen molar-refractivity contribution in [1.82, 2.24) is 0 Å². The van der Waals surface area contributed by atoms with Gasteiger partial charge in [-0.1, -0.05) is 36.4 Å². The van der Waals surface area contributed by atoms with E-state index in [4.69, 9.17) is 15.3 Å². The second kappa shape index (κ2) is 9.55. The van der Waals surface area contributed by atoms with Crippen molar-refractivity contribution in [3.63, 3.8) is 0 Å². The fourth-order valence-electron chi connectivity index (χ4n) is 2.65. The molecule has 0 bridgehead atoms. The zero-order chi connectivity index (χ0) is 20.5. The molecule has 0 unspecified atom stereocenters. The predicted molar refractivity (Wildman–Crippen MR) is 111 cm³/mol. The van der Waals surface area contributed by atoms with Gasteiger partial charge in [-0.25, -0.2) is 0 Å². The largest absolute Gasteiger partial charge is 0.489 e. The van der Waals surface area contributed by atoms with Crippen LogP contribution < -0.4 is 10.1 Å². The monoisotopic (exact) mass is 379 g/mol. The SMILES string of the molecule is N#Cc1cccc(COc2cccc(NC(=O)/C=C/c3ccccc3C#N)c2)c1. The Hall–Kier alpha value is -4.35. The van der Waals surface area contributed by atoms with Crippen molar-refractivity contribution in [2.45, 2.75) is 6.61 Å². The Morgan fingerprint density at radius 3 is 2.62 bits per heavy atom. The minimum Gasteiger partial charge on any atom is -0.489 e. The average molecular weight is 379 g/mol. The summed E-state index contributed by atoms with van der Waals surface area (Å²) in [7, 11) is 0. The lowest BCUT2D eigenvalue weighted by Crippen LogP contribution is -2.08. The summed E-state index contributed by atoms with van der Waals surface area (Å²) in [5, 5.41) is 20.8. The van der Waals surface area contributed by atoms with Gasteiger partial charge in [0.15, 0.2) is 0 Å². The third kappa shape index (κ3) is 5.56. The zero-order valence-electron chi connectivity index (χ0n) is 15.5. The number of anilines is 1.